The van der Waals surface area contributed by atoms with Gasteiger partial charge in [0.25, 0.3) is 0 Å². The van der Waals surface area contributed by atoms with Gasteiger partial charge in [0.15, 0.2) is 0 Å². The lowest BCUT2D eigenvalue weighted by Gasteiger charge is -2.42. The number of fused-ring (bicyclic) bond motifs is 3. The van der Waals surface area contributed by atoms with Crippen LogP contribution in [0.5, 0.6) is 5.75 Å². The fourth-order valence-corrected chi connectivity index (χ4v) is 4.35. The topological polar surface area (TPSA) is 68.0 Å². The molecule has 1 amide bonds. The zero-order valence-corrected chi connectivity index (χ0v) is 16.2. The molecule has 0 saturated carbocycles. The van der Waals surface area contributed by atoms with E-state index in [-0.39, 0.29) is 30.0 Å². The van der Waals surface area contributed by atoms with Gasteiger partial charge in [-0.25, -0.2) is 9.18 Å². The Morgan fingerprint density at radius 1 is 1.26 bits per heavy atom. The van der Waals surface area contributed by atoms with Crippen molar-refractivity contribution >= 4 is 11.8 Å². The molecule has 4 rings (SSSR count). The highest BCUT2D eigenvalue weighted by atomic mass is 19.1. The molecule has 1 aromatic rings. The molecular weight excluding hydrogens is 349 g/mol. The van der Waals surface area contributed by atoms with Crippen LogP contribution in [0.3, 0.4) is 0 Å². The molecule has 2 fully saturated rings. The van der Waals surface area contributed by atoms with Crippen molar-refractivity contribution in [1.82, 2.24) is 4.90 Å². The number of carbonyl (C=O) groups excluding carboxylic acids is 1. The van der Waals surface area contributed by atoms with Crippen molar-refractivity contribution < 1.29 is 18.7 Å². The third-order valence-electron chi connectivity index (χ3n) is 5.51. The van der Waals surface area contributed by atoms with Crippen LogP contribution in [0.2, 0.25) is 0 Å². The van der Waals surface area contributed by atoms with Crippen molar-refractivity contribution in [1.29, 1.82) is 0 Å². The Labute approximate surface area is 159 Å². The Morgan fingerprint density at radius 2 is 1.93 bits per heavy atom. The zero-order chi connectivity index (χ0) is 19.3. The van der Waals surface area contributed by atoms with Crippen molar-refractivity contribution in [3.8, 4) is 5.75 Å². The minimum atomic E-state index is -0.506. The number of amides is 1. The Bertz CT molecular complexity index is 735. The van der Waals surface area contributed by atoms with Crippen molar-refractivity contribution in [2.45, 2.75) is 63.8 Å². The number of benzene rings is 1. The second kappa shape index (κ2) is 6.55. The van der Waals surface area contributed by atoms with Crippen LogP contribution in [-0.2, 0) is 11.2 Å². The van der Waals surface area contributed by atoms with Gasteiger partial charge in [0.1, 0.15) is 23.8 Å². The average Bonchev–Trinajstić information content (AvgIpc) is 2.84. The number of hydrogen-bond acceptors (Lipinski definition) is 5. The molecule has 0 aromatic heterocycles. The second-order valence-electron chi connectivity index (χ2n) is 8.86. The molecule has 0 radical (unpaired) electrons. The lowest BCUT2D eigenvalue weighted by Crippen LogP contribution is -2.56. The van der Waals surface area contributed by atoms with E-state index >= 15 is 0 Å². The van der Waals surface area contributed by atoms with Gasteiger partial charge in [0.05, 0.1) is 12.1 Å². The molecule has 3 aliphatic rings. The highest BCUT2D eigenvalue weighted by Crippen LogP contribution is 2.37. The third-order valence-corrected chi connectivity index (χ3v) is 5.51. The van der Waals surface area contributed by atoms with Gasteiger partial charge >= 0.3 is 6.09 Å². The fraction of sp³-hybridized carbons (Fsp3) is 0.650. The van der Waals surface area contributed by atoms with Crippen LogP contribution in [-0.4, -0.2) is 54.4 Å². The summed E-state index contributed by atoms with van der Waals surface area (Å²) in [5, 5.41) is 0. The maximum atomic E-state index is 14.6. The lowest BCUT2D eigenvalue weighted by molar-refractivity contribution is 0.0123. The second-order valence-corrected chi connectivity index (χ2v) is 8.86. The minimum Gasteiger partial charge on any atom is -0.491 e. The number of nitrogens with zero attached hydrogens (tertiary/aromatic N) is 2. The number of halogens is 1. The van der Waals surface area contributed by atoms with Gasteiger partial charge in [0, 0.05) is 36.4 Å². The van der Waals surface area contributed by atoms with E-state index < -0.39 is 5.60 Å². The Hall–Kier alpha value is -2.02. The van der Waals surface area contributed by atoms with E-state index in [1.807, 2.05) is 31.7 Å². The Balaban J connectivity index is 1.52. The molecular formula is C20H28FN3O3. The van der Waals surface area contributed by atoms with E-state index in [4.69, 9.17) is 15.2 Å². The molecule has 3 atom stereocenters. The third kappa shape index (κ3) is 3.57. The van der Waals surface area contributed by atoms with Gasteiger partial charge < -0.3 is 20.1 Å². The summed E-state index contributed by atoms with van der Waals surface area (Å²) in [6, 6.07) is 3.50. The summed E-state index contributed by atoms with van der Waals surface area (Å²) in [6.07, 6.45) is 2.14. The Kier molecular flexibility index (Phi) is 4.45. The number of rotatable bonds is 1. The molecule has 0 spiro atoms. The first kappa shape index (κ1) is 18.3. The standard InChI is InChI=1S/C20H28FN3O3/c1-20(2,3)27-19(25)24-13-4-5-14(24)10-23(9-13)15-7-17(21)16-6-12(22)11-26-18(16)8-15/h7-8,12-14H,4-6,9-11,22H2,1-3H3/t12-,13?,14?/m0/s1. The number of ether oxygens (including phenoxy) is 2. The number of carbonyl (C=O) groups is 1. The maximum absolute atomic E-state index is 14.6. The van der Waals surface area contributed by atoms with Crippen LogP contribution in [0.4, 0.5) is 14.9 Å². The monoisotopic (exact) mass is 377 g/mol. The summed E-state index contributed by atoms with van der Waals surface area (Å²) < 4.78 is 25.8. The summed E-state index contributed by atoms with van der Waals surface area (Å²) in [7, 11) is 0. The number of nitrogens with two attached hydrogens (primary N) is 1. The predicted molar refractivity (Wildman–Crippen MR) is 101 cm³/mol. The quantitative estimate of drug-likeness (QED) is 0.815. The summed E-state index contributed by atoms with van der Waals surface area (Å²) >= 11 is 0. The molecule has 1 aromatic carbocycles. The number of piperazine rings is 1. The van der Waals surface area contributed by atoms with Gasteiger partial charge in [-0.3, -0.25) is 4.90 Å². The number of anilines is 1. The average molecular weight is 377 g/mol. The number of hydrogen-bond donors (Lipinski definition) is 1. The fourth-order valence-electron chi connectivity index (χ4n) is 4.35. The lowest BCUT2D eigenvalue weighted by atomic mass is 10.0. The molecule has 2 unspecified atom stereocenters. The maximum Gasteiger partial charge on any atom is 0.410 e. The molecule has 27 heavy (non-hydrogen) atoms. The molecule has 2 bridgehead atoms. The zero-order valence-electron chi connectivity index (χ0n) is 16.2. The van der Waals surface area contributed by atoms with Crippen LogP contribution in [0.1, 0.15) is 39.2 Å². The molecule has 148 valence electrons. The smallest absolute Gasteiger partial charge is 0.410 e. The van der Waals surface area contributed by atoms with Crippen molar-refractivity contribution in [2.75, 3.05) is 24.6 Å². The molecule has 6 nitrogen and oxygen atoms in total. The first-order chi connectivity index (χ1) is 12.7. The Morgan fingerprint density at radius 3 is 2.56 bits per heavy atom. The van der Waals surface area contributed by atoms with E-state index in [0.29, 0.717) is 37.4 Å². The normalized spacial score (nSPS) is 27.2. The van der Waals surface area contributed by atoms with E-state index in [0.717, 1.165) is 18.5 Å². The minimum absolute atomic E-state index is 0.0898. The summed E-state index contributed by atoms with van der Waals surface area (Å²) in [4.78, 5) is 16.6. The predicted octanol–water partition coefficient (Wildman–Crippen LogP) is 2.68. The van der Waals surface area contributed by atoms with Gasteiger partial charge in [-0.2, -0.15) is 0 Å². The van der Waals surface area contributed by atoms with Crippen LogP contribution in [0.15, 0.2) is 12.1 Å². The SMILES string of the molecule is CC(C)(C)OC(=O)N1C2CCC1CN(c1cc(F)c3c(c1)OC[C@@H](N)C3)C2. The van der Waals surface area contributed by atoms with E-state index in [2.05, 4.69) is 4.90 Å². The van der Waals surface area contributed by atoms with Gasteiger partial charge in [-0.15, -0.1) is 0 Å². The van der Waals surface area contributed by atoms with Crippen molar-refractivity contribution in [2.24, 2.45) is 5.73 Å². The molecule has 3 aliphatic heterocycles. The molecule has 2 saturated heterocycles. The van der Waals surface area contributed by atoms with Crippen molar-refractivity contribution in [3.63, 3.8) is 0 Å². The summed E-state index contributed by atoms with van der Waals surface area (Å²) in [6.45, 7) is 7.40. The van der Waals surface area contributed by atoms with Crippen LogP contribution >= 0.6 is 0 Å². The van der Waals surface area contributed by atoms with Crippen LogP contribution in [0, 0.1) is 5.82 Å². The highest BCUT2D eigenvalue weighted by molar-refractivity contribution is 5.70. The van der Waals surface area contributed by atoms with E-state index in [1.165, 1.54) is 0 Å². The molecule has 3 heterocycles. The van der Waals surface area contributed by atoms with E-state index in [1.54, 1.807) is 6.07 Å². The molecule has 7 heteroatoms. The first-order valence-corrected chi connectivity index (χ1v) is 9.68. The van der Waals surface area contributed by atoms with E-state index in [9.17, 15) is 9.18 Å². The van der Waals surface area contributed by atoms with Crippen LogP contribution in [0.25, 0.3) is 0 Å². The first-order valence-electron chi connectivity index (χ1n) is 9.68. The van der Waals surface area contributed by atoms with Crippen LogP contribution < -0.4 is 15.4 Å². The molecule has 0 aliphatic carbocycles. The summed E-state index contributed by atoms with van der Waals surface area (Å²) in [5.74, 6) is 0.327. The largest absolute Gasteiger partial charge is 0.491 e. The van der Waals surface area contributed by atoms with Gasteiger partial charge in [-0.1, -0.05) is 0 Å². The van der Waals surface area contributed by atoms with Gasteiger partial charge in [0.2, 0.25) is 0 Å². The highest BCUT2D eigenvalue weighted by Gasteiger charge is 2.44. The molecule has 2 N–H and O–H groups in total. The van der Waals surface area contributed by atoms with Gasteiger partial charge in [-0.05, 0) is 46.1 Å². The van der Waals surface area contributed by atoms with Crippen molar-refractivity contribution in [3.05, 3.63) is 23.5 Å². The summed E-state index contributed by atoms with van der Waals surface area (Å²) in [5.41, 5.74) is 6.74.